The predicted molar refractivity (Wildman–Crippen MR) is 77.4 cm³/mol. The molecule has 1 fully saturated rings. The molecular weight excluding hydrogens is 275 g/mol. The monoisotopic (exact) mass is 296 g/mol. The zero-order valence-electron chi connectivity index (χ0n) is 12.6. The van der Waals surface area contributed by atoms with Crippen LogP contribution in [0.15, 0.2) is 24.5 Å². The minimum atomic E-state index is -0.320. The molecule has 5 heteroatoms. The molecule has 0 aliphatic carbocycles. The van der Waals surface area contributed by atoms with E-state index >= 15 is 0 Å². The van der Waals surface area contributed by atoms with Crippen molar-refractivity contribution in [3.63, 3.8) is 0 Å². The molecular formula is C16H21FO4. The van der Waals surface area contributed by atoms with Gasteiger partial charge in [0.25, 0.3) is 0 Å². The highest BCUT2D eigenvalue weighted by atomic mass is 19.1. The van der Waals surface area contributed by atoms with Crippen LogP contribution < -0.4 is 4.74 Å². The molecule has 116 valence electrons. The third kappa shape index (κ3) is 4.19. The van der Waals surface area contributed by atoms with Gasteiger partial charge in [0.05, 0.1) is 33.2 Å². The Morgan fingerprint density at radius 2 is 2.05 bits per heavy atom. The van der Waals surface area contributed by atoms with Gasteiger partial charge in [-0.3, -0.25) is 0 Å². The fraction of sp³-hybridized carbons (Fsp3) is 0.500. The molecule has 2 rings (SSSR count). The first kappa shape index (κ1) is 15.8. The lowest BCUT2D eigenvalue weighted by molar-refractivity contribution is -0.131. The van der Waals surface area contributed by atoms with Gasteiger partial charge in [0, 0.05) is 11.0 Å². The summed E-state index contributed by atoms with van der Waals surface area (Å²) < 4.78 is 35.1. The lowest BCUT2D eigenvalue weighted by Crippen LogP contribution is -2.36. The summed E-state index contributed by atoms with van der Waals surface area (Å²) in [5.41, 5.74) is 0.327. The maximum absolute atomic E-state index is 13.3. The maximum Gasteiger partial charge on any atom is 0.166 e. The topological polar surface area (TPSA) is 36.9 Å². The molecule has 21 heavy (non-hydrogen) atoms. The fourth-order valence-corrected chi connectivity index (χ4v) is 2.06. The molecule has 1 aliphatic rings. The first-order valence-corrected chi connectivity index (χ1v) is 6.88. The van der Waals surface area contributed by atoms with Crippen molar-refractivity contribution < 1.29 is 23.3 Å². The highest BCUT2D eigenvalue weighted by molar-refractivity contribution is 5.56. The van der Waals surface area contributed by atoms with E-state index < -0.39 is 0 Å². The molecule has 1 aromatic carbocycles. The number of benzene rings is 1. The molecule has 1 heterocycles. The molecule has 0 saturated carbocycles. The number of methoxy groups -OCH3 is 1. The van der Waals surface area contributed by atoms with Crippen molar-refractivity contribution >= 4 is 6.08 Å². The van der Waals surface area contributed by atoms with Gasteiger partial charge < -0.3 is 18.9 Å². The minimum Gasteiger partial charge on any atom is -0.504 e. The van der Waals surface area contributed by atoms with Crippen LogP contribution in [-0.2, 0) is 14.2 Å². The molecule has 0 radical (unpaired) electrons. The van der Waals surface area contributed by atoms with Crippen LogP contribution in [0.5, 0.6) is 5.75 Å². The summed E-state index contributed by atoms with van der Waals surface area (Å²) in [5.74, 6) is 0.274. The van der Waals surface area contributed by atoms with Gasteiger partial charge in [0.15, 0.2) is 6.29 Å². The average Bonchev–Trinajstić information content (AvgIpc) is 2.99. The van der Waals surface area contributed by atoms with Crippen LogP contribution in [0.3, 0.4) is 0 Å². The molecule has 1 saturated heterocycles. The molecule has 0 N–H and O–H groups in total. The van der Waals surface area contributed by atoms with Gasteiger partial charge in [-0.15, -0.1) is 0 Å². The van der Waals surface area contributed by atoms with Gasteiger partial charge in [-0.1, -0.05) is 13.8 Å². The van der Waals surface area contributed by atoms with Gasteiger partial charge in [0.2, 0.25) is 0 Å². The number of hydrogen-bond donors (Lipinski definition) is 0. The van der Waals surface area contributed by atoms with Crippen molar-refractivity contribution in [2.75, 3.05) is 26.9 Å². The van der Waals surface area contributed by atoms with Crippen LogP contribution in [0.1, 0.15) is 19.4 Å². The highest BCUT2D eigenvalue weighted by Crippen LogP contribution is 2.30. The van der Waals surface area contributed by atoms with E-state index in [1.54, 1.807) is 12.1 Å². The van der Waals surface area contributed by atoms with E-state index in [1.165, 1.54) is 25.5 Å². The highest BCUT2D eigenvalue weighted by Gasteiger charge is 2.35. The Bertz CT molecular complexity index is 493. The third-order valence-electron chi connectivity index (χ3n) is 3.22. The second-order valence-corrected chi connectivity index (χ2v) is 5.57. The summed E-state index contributed by atoms with van der Waals surface area (Å²) in [6.07, 6.45) is 2.86. The molecule has 0 bridgehead atoms. The van der Waals surface area contributed by atoms with E-state index in [2.05, 4.69) is 0 Å². The summed E-state index contributed by atoms with van der Waals surface area (Å²) in [7, 11) is 1.54. The van der Waals surface area contributed by atoms with Crippen molar-refractivity contribution in [1.82, 2.24) is 0 Å². The van der Waals surface area contributed by atoms with Crippen LogP contribution in [0.25, 0.3) is 6.08 Å². The number of rotatable bonds is 6. The van der Waals surface area contributed by atoms with E-state index in [0.29, 0.717) is 31.1 Å². The van der Waals surface area contributed by atoms with Crippen LogP contribution >= 0.6 is 0 Å². The number of ether oxygens (including phenoxy) is 4. The van der Waals surface area contributed by atoms with Crippen molar-refractivity contribution in [1.29, 1.82) is 0 Å². The third-order valence-corrected chi connectivity index (χ3v) is 3.22. The quantitative estimate of drug-likeness (QED) is 0.755. The zero-order chi connectivity index (χ0) is 15.3. The Labute approximate surface area is 124 Å². The standard InChI is InChI=1S/C16H21FO4/c1-16(2,15-19-8-9-20-15)11-21-14-5-4-13(17)10-12(14)6-7-18-3/h4-7,10,15H,8-9,11H2,1-3H3/b7-6+. The Hall–Kier alpha value is -1.59. The van der Waals surface area contributed by atoms with Gasteiger partial charge in [-0.25, -0.2) is 4.39 Å². The Morgan fingerprint density at radius 1 is 1.33 bits per heavy atom. The molecule has 1 aliphatic heterocycles. The zero-order valence-corrected chi connectivity index (χ0v) is 12.6. The molecule has 1 aromatic rings. The molecule has 0 amide bonds. The van der Waals surface area contributed by atoms with Crippen LogP contribution in [0, 0.1) is 11.2 Å². The van der Waals surface area contributed by atoms with Crippen molar-refractivity contribution in [3.05, 3.63) is 35.8 Å². The van der Waals surface area contributed by atoms with E-state index in [1.807, 2.05) is 13.8 Å². The summed E-state index contributed by atoms with van der Waals surface area (Å²) in [6, 6.07) is 4.38. The second kappa shape index (κ2) is 6.91. The molecule has 0 unspecified atom stereocenters. The van der Waals surface area contributed by atoms with E-state index in [4.69, 9.17) is 18.9 Å². The Kier molecular flexibility index (Phi) is 5.20. The first-order valence-electron chi connectivity index (χ1n) is 6.88. The number of halogens is 1. The lowest BCUT2D eigenvalue weighted by atomic mass is 9.94. The van der Waals surface area contributed by atoms with Gasteiger partial charge >= 0.3 is 0 Å². The molecule has 0 aromatic heterocycles. The van der Waals surface area contributed by atoms with E-state index in [0.717, 1.165) is 0 Å². The lowest BCUT2D eigenvalue weighted by Gasteiger charge is -2.29. The smallest absolute Gasteiger partial charge is 0.166 e. The Morgan fingerprint density at radius 3 is 2.71 bits per heavy atom. The molecule has 4 nitrogen and oxygen atoms in total. The number of hydrogen-bond acceptors (Lipinski definition) is 4. The van der Waals surface area contributed by atoms with Crippen molar-refractivity contribution in [3.8, 4) is 5.75 Å². The van der Waals surface area contributed by atoms with E-state index in [-0.39, 0.29) is 17.5 Å². The fourth-order valence-electron chi connectivity index (χ4n) is 2.06. The maximum atomic E-state index is 13.3. The second-order valence-electron chi connectivity index (χ2n) is 5.57. The summed E-state index contributed by atoms with van der Waals surface area (Å²) in [5, 5.41) is 0. The summed E-state index contributed by atoms with van der Waals surface area (Å²) >= 11 is 0. The first-order chi connectivity index (χ1) is 10.0. The normalized spacial score (nSPS) is 16.6. The SMILES string of the molecule is CO/C=C/c1cc(F)ccc1OCC(C)(C)C1OCCO1. The van der Waals surface area contributed by atoms with Gasteiger partial charge in [-0.05, 0) is 24.3 Å². The minimum absolute atomic E-state index is 0.282. The van der Waals surface area contributed by atoms with Gasteiger partial charge in [0.1, 0.15) is 11.6 Å². The summed E-state index contributed by atoms with van der Waals surface area (Å²) in [6.45, 7) is 5.63. The predicted octanol–water partition coefficient (Wildman–Crippen LogP) is 3.22. The molecule has 0 spiro atoms. The van der Waals surface area contributed by atoms with Crippen LogP contribution in [0.4, 0.5) is 4.39 Å². The van der Waals surface area contributed by atoms with E-state index in [9.17, 15) is 4.39 Å². The van der Waals surface area contributed by atoms with Crippen LogP contribution in [0.2, 0.25) is 0 Å². The summed E-state index contributed by atoms with van der Waals surface area (Å²) in [4.78, 5) is 0. The largest absolute Gasteiger partial charge is 0.504 e. The van der Waals surface area contributed by atoms with Gasteiger partial charge in [-0.2, -0.15) is 0 Å². The van der Waals surface area contributed by atoms with Crippen molar-refractivity contribution in [2.45, 2.75) is 20.1 Å². The average molecular weight is 296 g/mol. The molecule has 0 atom stereocenters. The van der Waals surface area contributed by atoms with Crippen molar-refractivity contribution in [2.24, 2.45) is 5.41 Å². The van der Waals surface area contributed by atoms with Crippen LogP contribution in [-0.4, -0.2) is 33.2 Å². The Balaban J connectivity index is 2.06.